The summed E-state index contributed by atoms with van der Waals surface area (Å²) in [5, 5.41) is 2.79. The van der Waals surface area contributed by atoms with Crippen molar-refractivity contribution in [2.45, 2.75) is 26.3 Å². The molecule has 0 aliphatic carbocycles. The lowest BCUT2D eigenvalue weighted by Gasteiger charge is -2.30. The molecule has 0 aliphatic heterocycles. The van der Waals surface area contributed by atoms with Crippen LogP contribution < -0.4 is 14.4 Å². The number of hydrogen-bond donors (Lipinski definition) is 1. The molecule has 140 valence electrons. The summed E-state index contributed by atoms with van der Waals surface area (Å²) in [6.07, 6.45) is 1.44. The molecule has 0 aromatic heterocycles. The molecule has 6 nitrogen and oxygen atoms in total. The molecule has 2 aromatic carbocycles. The normalized spacial score (nSPS) is 12.3. The number of nitrogens with one attached hydrogen (secondary N) is 1. The second-order valence-electron chi connectivity index (χ2n) is 5.77. The number of amides is 1. The third-order valence-corrected chi connectivity index (χ3v) is 4.93. The summed E-state index contributed by atoms with van der Waals surface area (Å²) in [5.41, 5.74) is 1.01. The van der Waals surface area contributed by atoms with Gasteiger partial charge >= 0.3 is 0 Å². The van der Waals surface area contributed by atoms with Crippen LogP contribution in [0.15, 0.2) is 54.6 Å². The average Bonchev–Trinajstić information content (AvgIpc) is 2.59. The molecule has 2 rings (SSSR count). The minimum atomic E-state index is -3.64. The molecular weight excluding hydrogens is 352 g/mol. The maximum Gasteiger partial charge on any atom is 0.248 e. The number of benzene rings is 2. The minimum Gasteiger partial charge on any atom is -0.494 e. The van der Waals surface area contributed by atoms with Crippen LogP contribution in [0.4, 0.5) is 11.4 Å². The van der Waals surface area contributed by atoms with E-state index in [4.69, 9.17) is 4.74 Å². The van der Waals surface area contributed by atoms with Gasteiger partial charge in [0.05, 0.1) is 18.6 Å². The summed E-state index contributed by atoms with van der Waals surface area (Å²) < 4.78 is 31.3. The zero-order valence-electron chi connectivity index (χ0n) is 15.2. The third-order valence-electron chi connectivity index (χ3n) is 3.75. The molecule has 1 amide bonds. The van der Waals surface area contributed by atoms with Crippen molar-refractivity contribution in [1.82, 2.24) is 0 Å². The number of ether oxygens (including phenoxy) is 1. The molecular formula is C19H24N2O4S. The Morgan fingerprint density at radius 2 is 1.81 bits per heavy atom. The number of hydrogen-bond acceptors (Lipinski definition) is 4. The van der Waals surface area contributed by atoms with Gasteiger partial charge in [0.1, 0.15) is 11.8 Å². The Balaban J connectivity index is 2.30. The number of carbonyl (C=O) groups excluding carboxylic acids is 1. The number of carbonyl (C=O) groups is 1. The highest BCUT2D eigenvalue weighted by Gasteiger charge is 2.31. The topological polar surface area (TPSA) is 75.7 Å². The highest BCUT2D eigenvalue weighted by Crippen LogP contribution is 2.24. The number of nitrogens with zero attached hydrogens (tertiary/aromatic N) is 1. The van der Waals surface area contributed by atoms with Gasteiger partial charge in [-0.3, -0.25) is 9.10 Å². The van der Waals surface area contributed by atoms with Gasteiger partial charge in [0.2, 0.25) is 15.9 Å². The Labute approximate surface area is 154 Å². The van der Waals surface area contributed by atoms with E-state index in [9.17, 15) is 13.2 Å². The zero-order chi connectivity index (χ0) is 19.2. The van der Waals surface area contributed by atoms with Crippen LogP contribution in [0.25, 0.3) is 0 Å². The average molecular weight is 376 g/mol. The summed E-state index contributed by atoms with van der Waals surface area (Å²) in [6.45, 7) is 4.18. The fourth-order valence-electron chi connectivity index (χ4n) is 2.69. The van der Waals surface area contributed by atoms with Gasteiger partial charge < -0.3 is 10.1 Å². The monoisotopic (exact) mass is 376 g/mol. The first-order valence-corrected chi connectivity index (χ1v) is 10.3. The molecule has 0 heterocycles. The molecule has 0 radical (unpaired) electrons. The summed E-state index contributed by atoms with van der Waals surface area (Å²) in [4.78, 5) is 12.8. The fourth-order valence-corrected chi connectivity index (χ4v) is 3.90. The van der Waals surface area contributed by atoms with E-state index >= 15 is 0 Å². The van der Waals surface area contributed by atoms with Gasteiger partial charge in [-0.25, -0.2) is 8.42 Å². The molecule has 0 saturated heterocycles. The summed E-state index contributed by atoms with van der Waals surface area (Å²) in [6, 6.07) is 14.8. The van der Waals surface area contributed by atoms with Crippen LogP contribution in [0.2, 0.25) is 0 Å². The van der Waals surface area contributed by atoms with Crippen LogP contribution in [0.1, 0.15) is 20.3 Å². The highest BCUT2D eigenvalue weighted by molar-refractivity contribution is 7.92. The van der Waals surface area contributed by atoms with Crippen LogP contribution in [-0.2, 0) is 14.8 Å². The summed E-state index contributed by atoms with van der Waals surface area (Å²) in [5.74, 6) is 0.247. The summed E-state index contributed by atoms with van der Waals surface area (Å²) in [7, 11) is -3.64. The Hall–Kier alpha value is -2.54. The molecule has 1 N–H and O–H groups in total. The Morgan fingerprint density at radius 3 is 2.38 bits per heavy atom. The lowest BCUT2D eigenvalue weighted by atomic mass is 10.2. The van der Waals surface area contributed by atoms with Crippen LogP contribution >= 0.6 is 0 Å². The zero-order valence-corrected chi connectivity index (χ0v) is 16.0. The molecule has 0 spiro atoms. The van der Waals surface area contributed by atoms with Crippen molar-refractivity contribution in [3.63, 3.8) is 0 Å². The van der Waals surface area contributed by atoms with E-state index in [1.807, 2.05) is 6.92 Å². The van der Waals surface area contributed by atoms with E-state index in [1.165, 1.54) is 0 Å². The van der Waals surface area contributed by atoms with Crippen molar-refractivity contribution >= 4 is 27.3 Å². The SMILES string of the molecule is CCOc1cccc(NC(=O)[C@@H](CC)N(c2ccccc2)S(C)(=O)=O)c1. The molecule has 0 unspecified atom stereocenters. The van der Waals surface area contributed by atoms with Crippen molar-refractivity contribution in [2.24, 2.45) is 0 Å². The Kier molecular flexibility index (Phi) is 6.63. The van der Waals surface area contributed by atoms with Crippen molar-refractivity contribution in [3.05, 3.63) is 54.6 Å². The van der Waals surface area contributed by atoms with Crippen LogP contribution in [-0.4, -0.2) is 33.2 Å². The fraction of sp³-hybridized carbons (Fsp3) is 0.316. The second-order valence-corrected chi connectivity index (χ2v) is 7.63. The van der Waals surface area contributed by atoms with E-state index in [-0.39, 0.29) is 0 Å². The highest BCUT2D eigenvalue weighted by atomic mass is 32.2. The van der Waals surface area contributed by atoms with Crippen molar-refractivity contribution in [3.8, 4) is 5.75 Å². The first-order valence-electron chi connectivity index (χ1n) is 8.45. The lowest BCUT2D eigenvalue weighted by Crippen LogP contribution is -2.46. The molecule has 1 atom stereocenters. The molecule has 0 bridgehead atoms. The number of anilines is 2. The molecule has 2 aromatic rings. The van der Waals surface area contributed by atoms with Gasteiger partial charge in [0.25, 0.3) is 0 Å². The van der Waals surface area contributed by atoms with Crippen molar-refractivity contribution in [2.75, 3.05) is 22.5 Å². The van der Waals surface area contributed by atoms with Gasteiger partial charge in [-0.2, -0.15) is 0 Å². The second kappa shape index (κ2) is 8.71. The Bertz CT molecular complexity index is 838. The smallest absolute Gasteiger partial charge is 0.248 e. The van der Waals surface area contributed by atoms with Gasteiger partial charge in [-0.15, -0.1) is 0 Å². The van der Waals surface area contributed by atoms with E-state index < -0.39 is 22.0 Å². The predicted molar refractivity (Wildman–Crippen MR) is 104 cm³/mol. The largest absolute Gasteiger partial charge is 0.494 e. The standard InChI is InChI=1S/C19H24N2O4S/c1-4-18(21(26(3,23)24)16-11-7-6-8-12-16)19(22)20-15-10-9-13-17(14-15)25-5-2/h6-14,18H,4-5H2,1-3H3,(H,20,22)/t18-/m1/s1. The maximum absolute atomic E-state index is 12.8. The van der Waals surface area contributed by atoms with E-state index in [0.29, 0.717) is 30.2 Å². The van der Waals surface area contributed by atoms with E-state index in [2.05, 4.69) is 5.32 Å². The van der Waals surface area contributed by atoms with Crippen molar-refractivity contribution < 1.29 is 17.9 Å². The number of para-hydroxylation sites is 1. The van der Waals surface area contributed by atoms with E-state index in [1.54, 1.807) is 61.5 Å². The first kappa shape index (κ1) is 19.8. The molecule has 26 heavy (non-hydrogen) atoms. The van der Waals surface area contributed by atoms with E-state index in [0.717, 1.165) is 10.6 Å². The minimum absolute atomic E-state index is 0.332. The quantitative estimate of drug-likeness (QED) is 0.767. The molecule has 7 heteroatoms. The van der Waals surface area contributed by atoms with Gasteiger partial charge in [-0.1, -0.05) is 31.2 Å². The lowest BCUT2D eigenvalue weighted by molar-refractivity contribution is -0.117. The first-order chi connectivity index (χ1) is 12.4. The maximum atomic E-state index is 12.8. The van der Waals surface area contributed by atoms with Gasteiger partial charge in [0, 0.05) is 11.8 Å². The molecule has 0 aliphatic rings. The molecule has 0 saturated carbocycles. The van der Waals surface area contributed by atoms with Crippen LogP contribution in [0.5, 0.6) is 5.75 Å². The Morgan fingerprint density at radius 1 is 1.12 bits per heavy atom. The van der Waals surface area contributed by atoms with Crippen LogP contribution in [0.3, 0.4) is 0 Å². The third kappa shape index (κ3) is 4.98. The summed E-state index contributed by atoms with van der Waals surface area (Å²) >= 11 is 0. The van der Waals surface area contributed by atoms with Crippen LogP contribution in [0, 0.1) is 0 Å². The number of sulfonamides is 1. The van der Waals surface area contributed by atoms with Gasteiger partial charge in [-0.05, 0) is 37.6 Å². The molecule has 0 fully saturated rings. The van der Waals surface area contributed by atoms with Gasteiger partial charge in [0.15, 0.2) is 0 Å². The predicted octanol–water partition coefficient (Wildman–Crippen LogP) is 3.27. The van der Waals surface area contributed by atoms with Crippen molar-refractivity contribution in [1.29, 1.82) is 0 Å². The number of rotatable bonds is 8.